The molecular formula is C14H20N4. The Labute approximate surface area is 107 Å². The SMILES string of the molecule is CCn1c(C2(C)CCNCC2)nc2cnccc21. The number of piperidine rings is 1. The first kappa shape index (κ1) is 11.7. The summed E-state index contributed by atoms with van der Waals surface area (Å²) in [6.07, 6.45) is 6.04. The predicted molar refractivity (Wildman–Crippen MR) is 72.7 cm³/mol. The molecule has 3 rings (SSSR count). The molecule has 0 amide bonds. The van der Waals surface area contributed by atoms with Gasteiger partial charge in [-0.15, -0.1) is 0 Å². The first-order valence-electron chi connectivity index (χ1n) is 6.76. The molecule has 1 fully saturated rings. The molecule has 0 spiro atoms. The van der Waals surface area contributed by atoms with Crippen LogP contribution in [-0.2, 0) is 12.0 Å². The van der Waals surface area contributed by atoms with Crippen molar-refractivity contribution in [2.45, 2.75) is 38.6 Å². The second-order valence-electron chi connectivity index (χ2n) is 5.35. The number of aryl methyl sites for hydroxylation is 1. The van der Waals surface area contributed by atoms with Crippen LogP contribution >= 0.6 is 0 Å². The van der Waals surface area contributed by atoms with Crippen LogP contribution < -0.4 is 5.32 Å². The van der Waals surface area contributed by atoms with Crippen LogP contribution in [-0.4, -0.2) is 27.6 Å². The molecule has 18 heavy (non-hydrogen) atoms. The molecule has 0 aliphatic carbocycles. The number of nitrogens with zero attached hydrogens (tertiary/aromatic N) is 3. The first-order valence-corrected chi connectivity index (χ1v) is 6.76. The van der Waals surface area contributed by atoms with Crippen molar-refractivity contribution >= 4 is 11.0 Å². The highest BCUT2D eigenvalue weighted by Gasteiger charge is 2.33. The van der Waals surface area contributed by atoms with Crippen LogP contribution in [0.1, 0.15) is 32.5 Å². The lowest BCUT2D eigenvalue weighted by Crippen LogP contribution is -2.39. The number of aromatic nitrogens is 3. The van der Waals surface area contributed by atoms with Gasteiger partial charge in [0.2, 0.25) is 0 Å². The van der Waals surface area contributed by atoms with E-state index in [0.717, 1.165) is 38.0 Å². The maximum atomic E-state index is 4.85. The molecule has 96 valence electrons. The molecule has 2 aromatic heterocycles. The molecule has 0 radical (unpaired) electrons. The lowest BCUT2D eigenvalue weighted by Gasteiger charge is -2.33. The van der Waals surface area contributed by atoms with Gasteiger partial charge in [-0.2, -0.15) is 0 Å². The van der Waals surface area contributed by atoms with Crippen molar-refractivity contribution in [1.82, 2.24) is 19.9 Å². The largest absolute Gasteiger partial charge is 0.328 e. The third-order valence-corrected chi connectivity index (χ3v) is 4.11. The van der Waals surface area contributed by atoms with Crippen LogP contribution in [0.25, 0.3) is 11.0 Å². The van der Waals surface area contributed by atoms with Gasteiger partial charge >= 0.3 is 0 Å². The van der Waals surface area contributed by atoms with Crippen molar-refractivity contribution < 1.29 is 0 Å². The van der Waals surface area contributed by atoms with Crippen LogP contribution in [0.4, 0.5) is 0 Å². The lowest BCUT2D eigenvalue weighted by molar-refractivity contribution is 0.310. The first-order chi connectivity index (χ1) is 8.74. The van der Waals surface area contributed by atoms with Crippen molar-refractivity contribution in [2.24, 2.45) is 0 Å². The highest BCUT2D eigenvalue weighted by atomic mass is 15.1. The Hall–Kier alpha value is -1.42. The molecule has 4 nitrogen and oxygen atoms in total. The number of pyridine rings is 1. The van der Waals surface area contributed by atoms with Crippen LogP contribution in [0.2, 0.25) is 0 Å². The Morgan fingerprint density at radius 3 is 2.89 bits per heavy atom. The quantitative estimate of drug-likeness (QED) is 0.879. The summed E-state index contributed by atoms with van der Waals surface area (Å²) in [4.78, 5) is 9.03. The number of fused-ring (bicyclic) bond motifs is 1. The van der Waals surface area contributed by atoms with E-state index in [0.29, 0.717) is 0 Å². The van der Waals surface area contributed by atoms with Gasteiger partial charge in [0.15, 0.2) is 0 Å². The van der Waals surface area contributed by atoms with Gasteiger partial charge in [-0.25, -0.2) is 4.98 Å². The van der Waals surface area contributed by atoms with Crippen LogP contribution in [0.3, 0.4) is 0 Å². The summed E-state index contributed by atoms with van der Waals surface area (Å²) in [7, 11) is 0. The maximum Gasteiger partial charge on any atom is 0.115 e. The molecule has 0 saturated carbocycles. The third-order valence-electron chi connectivity index (χ3n) is 4.11. The predicted octanol–water partition coefficient (Wildman–Crippen LogP) is 2.09. The molecule has 1 aliphatic heterocycles. The molecule has 1 aliphatic rings. The maximum absolute atomic E-state index is 4.85. The van der Waals surface area contributed by atoms with E-state index in [-0.39, 0.29) is 5.41 Å². The normalized spacial score (nSPS) is 19.2. The fourth-order valence-corrected chi connectivity index (χ4v) is 2.96. The summed E-state index contributed by atoms with van der Waals surface area (Å²) < 4.78 is 2.35. The van der Waals surface area contributed by atoms with Crippen molar-refractivity contribution in [3.05, 3.63) is 24.3 Å². The second-order valence-corrected chi connectivity index (χ2v) is 5.35. The number of hydrogen-bond donors (Lipinski definition) is 1. The molecule has 0 aromatic carbocycles. The summed E-state index contributed by atoms with van der Waals surface area (Å²) in [6, 6.07) is 2.07. The van der Waals surface area contributed by atoms with Crippen molar-refractivity contribution in [3.63, 3.8) is 0 Å². The minimum absolute atomic E-state index is 0.195. The summed E-state index contributed by atoms with van der Waals surface area (Å²) in [6.45, 7) is 7.67. The second kappa shape index (κ2) is 4.35. The summed E-state index contributed by atoms with van der Waals surface area (Å²) in [5.74, 6) is 1.23. The molecule has 0 bridgehead atoms. The average Bonchev–Trinajstić information content (AvgIpc) is 2.79. The van der Waals surface area contributed by atoms with Crippen molar-refractivity contribution in [3.8, 4) is 0 Å². The Kier molecular flexibility index (Phi) is 2.82. The smallest absolute Gasteiger partial charge is 0.115 e. The van der Waals surface area contributed by atoms with E-state index in [4.69, 9.17) is 4.98 Å². The van der Waals surface area contributed by atoms with E-state index < -0.39 is 0 Å². The van der Waals surface area contributed by atoms with Gasteiger partial charge < -0.3 is 9.88 Å². The van der Waals surface area contributed by atoms with E-state index in [2.05, 4.69) is 34.8 Å². The van der Waals surface area contributed by atoms with Gasteiger partial charge in [0, 0.05) is 18.2 Å². The highest BCUT2D eigenvalue weighted by Crippen LogP contribution is 2.34. The van der Waals surface area contributed by atoms with E-state index in [9.17, 15) is 0 Å². The van der Waals surface area contributed by atoms with Crippen molar-refractivity contribution in [1.29, 1.82) is 0 Å². The van der Waals surface area contributed by atoms with Crippen LogP contribution in [0.5, 0.6) is 0 Å². The Morgan fingerprint density at radius 2 is 2.17 bits per heavy atom. The van der Waals surface area contributed by atoms with Gasteiger partial charge in [0.1, 0.15) is 11.3 Å². The zero-order valence-corrected chi connectivity index (χ0v) is 11.1. The molecule has 0 atom stereocenters. The molecule has 2 aromatic rings. The van der Waals surface area contributed by atoms with Gasteiger partial charge in [-0.05, 0) is 38.9 Å². The fourth-order valence-electron chi connectivity index (χ4n) is 2.96. The van der Waals surface area contributed by atoms with Crippen LogP contribution in [0.15, 0.2) is 18.5 Å². The summed E-state index contributed by atoms with van der Waals surface area (Å²) in [5.41, 5.74) is 2.43. The zero-order valence-electron chi connectivity index (χ0n) is 11.1. The van der Waals surface area contributed by atoms with E-state index in [1.165, 1.54) is 11.3 Å². The molecule has 1 saturated heterocycles. The zero-order chi connectivity index (χ0) is 12.6. The van der Waals surface area contributed by atoms with Gasteiger partial charge in [0.25, 0.3) is 0 Å². The van der Waals surface area contributed by atoms with Gasteiger partial charge in [-0.1, -0.05) is 6.92 Å². The molecule has 4 heteroatoms. The summed E-state index contributed by atoms with van der Waals surface area (Å²) >= 11 is 0. The topological polar surface area (TPSA) is 42.7 Å². The third kappa shape index (κ3) is 1.72. The lowest BCUT2D eigenvalue weighted by atomic mass is 9.80. The standard InChI is InChI=1S/C14H20N4/c1-3-18-12-4-7-16-10-11(12)17-13(18)14(2)5-8-15-9-6-14/h4,7,10,15H,3,5-6,8-9H2,1-2H3. The minimum Gasteiger partial charge on any atom is -0.328 e. The Morgan fingerprint density at radius 1 is 1.39 bits per heavy atom. The van der Waals surface area contributed by atoms with Crippen LogP contribution in [0, 0.1) is 0 Å². The molecule has 3 heterocycles. The number of hydrogen-bond acceptors (Lipinski definition) is 3. The Bertz CT molecular complexity index is 552. The monoisotopic (exact) mass is 244 g/mol. The number of nitrogens with one attached hydrogen (secondary N) is 1. The fraction of sp³-hybridized carbons (Fsp3) is 0.571. The molecule has 1 N–H and O–H groups in total. The van der Waals surface area contributed by atoms with E-state index in [1.807, 2.05) is 12.4 Å². The number of imidazole rings is 1. The molecular weight excluding hydrogens is 224 g/mol. The average molecular weight is 244 g/mol. The Balaban J connectivity index is 2.15. The van der Waals surface area contributed by atoms with E-state index in [1.54, 1.807) is 0 Å². The summed E-state index contributed by atoms with van der Waals surface area (Å²) in [5, 5.41) is 3.43. The minimum atomic E-state index is 0.195. The van der Waals surface area contributed by atoms with Gasteiger partial charge in [-0.3, -0.25) is 4.98 Å². The number of rotatable bonds is 2. The van der Waals surface area contributed by atoms with E-state index >= 15 is 0 Å². The van der Waals surface area contributed by atoms with Gasteiger partial charge in [0.05, 0.1) is 11.7 Å². The molecule has 0 unspecified atom stereocenters. The highest BCUT2D eigenvalue weighted by molar-refractivity contribution is 5.75. The van der Waals surface area contributed by atoms with Crippen molar-refractivity contribution in [2.75, 3.05) is 13.1 Å².